The van der Waals surface area contributed by atoms with Crippen LogP contribution in [0.15, 0.2) is 97.2 Å². The Morgan fingerprint density at radius 3 is 0.816 bits per heavy atom. The summed E-state index contributed by atoms with van der Waals surface area (Å²) >= 11 is 0. The minimum absolute atomic E-state index is 0.0894. The lowest BCUT2D eigenvalue weighted by molar-refractivity contribution is -0.167. The number of carbonyl (C=O) groups excluding carboxylic acids is 3. The van der Waals surface area contributed by atoms with E-state index in [2.05, 4.69) is 118 Å². The summed E-state index contributed by atoms with van der Waals surface area (Å²) in [6, 6.07) is 0. The largest absolute Gasteiger partial charge is 0.462 e. The van der Waals surface area contributed by atoms with E-state index in [1.807, 2.05) is 0 Å². The van der Waals surface area contributed by atoms with Gasteiger partial charge >= 0.3 is 17.9 Å². The first-order valence-electron chi connectivity index (χ1n) is 32.2. The second-order valence-corrected chi connectivity index (χ2v) is 21.3. The van der Waals surface area contributed by atoms with Gasteiger partial charge in [0.1, 0.15) is 13.2 Å². The molecular formula is C70H120O6. The van der Waals surface area contributed by atoms with Crippen LogP contribution in [0, 0.1) is 0 Å². The van der Waals surface area contributed by atoms with Crippen LogP contribution in [-0.4, -0.2) is 37.2 Å². The monoisotopic (exact) mass is 1060 g/mol. The first kappa shape index (κ1) is 72.3. The van der Waals surface area contributed by atoms with E-state index in [1.54, 1.807) is 0 Å². The van der Waals surface area contributed by atoms with Crippen LogP contribution in [0.2, 0.25) is 0 Å². The molecule has 0 saturated carbocycles. The van der Waals surface area contributed by atoms with E-state index in [9.17, 15) is 14.4 Å². The molecule has 0 heterocycles. The Bertz CT molecular complexity index is 1490. The fraction of sp³-hybridized carbons (Fsp3) is 0.729. The van der Waals surface area contributed by atoms with Gasteiger partial charge in [0.25, 0.3) is 0 Å². The third kappa shape index (κ3) is 61.2. The normalized spacial score (nSPS) is 12.7. The molecule has 0 aliphatic carbocycles. The van der Waals surface area contributed by atoms with Crippen molar-refractivity contribution in [2.45, 2.75) is 316 Å². The average Bonchev–Trinajstić information content (AvgIpc) is 3.42. The van der Waals surface area contributed by atoms with Gasteiger partial charge in [0, 0.05) is 19.3 Å². The zero-order valence-corrected chi connectivity index (χ0v) is 50.0. The van der Waals surface area contributed by atoms with E-state index in [0.717, 1.165) is 122 Å². The molecule has 0 aromatic carbocycles. The second-order valence-electron chi connectivity index (χ2n) is 21.3. The maximum Gasteiger partial charge on any atom is 0.306 e. The molecule has 0 saturated heterocycles. The number of hydrogen-bond acceptors (Lipinski definition) is 6. The molecule has 0 aromatic heterocycles. The summed E-state index contributed by atoms with van der Waals surface area (Å²) in [7, 11) is 0. The van der Waals surface area contributed by atoms with Crippen LogP contribution < -0.4 is 0 Å². The molecule has 6 nitrogen and oxygen atoms in total. The Morgan fingerprint density at radius 2 is 0.513 bits per heavy atom. The van der Waals surface area contributed by atoms with Gasteiger partial charge in [-0.05, 0) is 122 Å². The van der Waals surface area contributed by atoms with Crippen LogP contribution in [0.5, 0.6) is 0 Å². The molecule has 6 heteroatoms. The Morgan fingerprint density at radius 1 is 0.276 bits per heavy atom. The molecule has 0 N–H and O–H groups in total. The van der Waals surface area contributed by atoms with Crippen molar-refractivity contribution in [1.29, 1.82) is 0 Å². The predicted molar refractivity (Wildman–Crippen MR) is 330 cm³/mol. The molecule has 1 atom stereocenters. The molecule has 0 aromatic rings. The van der Waals surface area contributed by atoms with Crippen LogP contribution in [0.25, 0.3) is 0 Å². The smallest absolute Gasteiger partial charge is 0.306 e. The first-order chi connectivity index (χ1) is 37.5. The van der Waals surface area contributed by atoms with Crippen LogP contribution in [0.4, 0.5) is 0 Å². The van der Waals surface area contributed by atoms with Crippen LogP contribution in [0.1, 0.15) is 310 Å². The first-order valence-corrected chi connectivity index (χ1v) is 32.2. The van der Waals surface area contributed by atoms with Gasteiger partial charge in [-0.25, -0.2) is 0 Å². The van der Waals surface area contributed by atoms with Gasteiger partial charge in [0.2, 0.25) is 0 Å². The highest BCUT2D eigenvalue weighted by Crippen LogP contribution is 2.15. The van der Waals surface area contributed by atoms with Crippen molar-refractivity contribution in [3.8, 4) is 0 Å². The number of hydrogen-bond donors (Lipinski definition) is 0. The summed E-state index contributed by atoms with van der Waals surface area (Å²) < 4.78 is 16.9. The lowest BCUT2D eigenvalue weighted by Gasteiger charge is -2.18. The van der Waals surface area contributed by atoms with E-state index in [-0.39, 0.29) is 31.1 Å². The molecule has 0 radical (unpaired) electrons. The molecule has 0 bridgehead atoms. The Balaban J connectivity index is 4.43. The van der Waals surface area contributed by atoms with E-state index < -0.39 is 6.10 Å². The van der Waals surface area contributed by atoms with Crippen molar-refractivity contribution in [3.05, 3.63) is 97.2 Å². The molecule has 76 heavy (non-hydrogen) atoms. The Hall–Kier alpha value is -3.67. The fourth-order valence-electron chi connectivity index (χ4n) is 8.97. The maximum absolute atomic E-state index is 12.9. The number of rotatable bonds is 58. The van der Waals surface area contributed by atoms with E-state index in [4.69, 9.17) is 14.2 Å². The molecule has 0 rings (SSSR count). The Labute approximate surface area is 470 Å². The zero-order valence-electron chi connectivity index (χ0n) is 50.0. The van der Waals surface area contributed by atoms with E-state index >= 15 is 0 Å². The minimum Gasteiger partial charge on any atom is -0.462 e. The van der Waals surface area contributed by atoms with Crippen molar-refractivity contribution in [2.75, 3.05) is 13.2 Å². The predicted octanol–water partition coefficient (Wildman–Crippen LogP) is 22.0. The Kier molecular flexibility index (Phi) is 60.8. The number of unbranched alkanes of at least 4 members (excludes halogenated alkanes) is 31. The van der Waals surface area contributed by atoms with Gasteiger partial charge in [-0.2, -0.15) is 0 Å². The fourth-order valence-corrected chi connectivity index (χ4v) is 8.97. The number of carbonyl (C=O) groups is 3. The number of allylic oxidation sites excluding steroid dienone is 16. The highest BCUT2D eigenvalue weighted by molar-refractivity contribution is 5.71. The number of esters is 3. The van der Waals surface area contributed by atoms with Crippen molar-refractivity contribution >= 4 is 17.9 Å². The SMILES string of the molecule is CC/C=C\C/C=C\C/C=C\C/C=C\CCCCCCCCCCC(=O)OCC(COC(=O)CCCCCCC/C=C\CCCCCCCCC)OC(=O)CCCCCCCC/C=C\C/C=C\C/C=C\CCCCCCC. The summed E-state index contributed by atoms with van der Waals surface area (Å²) in [5.74, 6) is -0.908. The maximum atomic E-state index is 12.9. The van der Waals surface area contributed by atoms with Crippen molar-refractivity contribution in [1.82, 2.24) is 0 Å². The van der Waals surface area contributed by atoms with E-state index in [0.29, 0.717) is 19.3 Å². The highest BCUT2D eigenvalue weighted by Gasteiger charge is 2.19. The quantitative estimate of drug-likeness (QED) is 0.0261. The third-order valence-electron chi connectivity index (χ3n) is 13.8. The molecule has 0 fully saturated rings. The summed E-state index contributed by atoms with van der Waals surface area (Å²) in [6.07, 6.45) is 85.4. The van der Waals surface area contributed by atoms with Crippen molar-refractivity contribution in [3.63, 3.8) is 0 Å². The summed E-state index contributed by atoms with van der Waals surface area (Å²) in [5, 5.41) is 0. The van der Waals surface area contributed by atoms with Crippen LogP contribution in [0.3, 0.4) is 0 Å². The second kappa shape index (κ2) is 63.9. The van der Waals surface area contributed by atoms with Crippen molar-refractivity contribution in [2.24, 2.45) is 0 Å². The number of ether oxygens (including phenoxy) is 3. The van der Waals surface area contributed by atoms with Gasteiger partial charge in [0.15, 0.2) is 6.10 Å². The van der Waals surface area contributed by atoms with Crippen molar-refractivity contribution < 1.29 is 28.6 Å². The molecule has 436 valence electrons. The minimum atomic E-state index is -0.794. The topological polar surface area (TPSA) is 78.9 Å². The summed E-state index contributed by atoms with van der Waals surface area (Å²) in [5.41, 5.74) is 0. The lowest BCUT2D eigenvalue weighted by Crippen LogP contribution is -2.30. The molecule has 0 amide bonds. The van der Waals surface area contributed by atoms with Gasteiger partial charge in [0.05, 0.1) is 0 Å². The van der Waals surface area contributed by atoms with Crippen LogP contribution >= 0.6 is 0 Å². The molecule has 0 spiro atoms. The lowest BCUT2D eigenvalue weighted by atomic mass is 10.1. The molecule has 0 aliphatic heterocycles. The van der Waals surface area contributed by atoms with Gasteiger partial charge in [-0.15, -0.1) is 0 Å². The molecule has 0 aliphatic rings. The highest BCUT2D eigenvalue weighted by atomic mass is 16.6. The van der Waals surface area contributed by atoms with E-state index in [1.165, 1.54) is 148 Å². The summed E-state index contributed by atoms with van der Waals surface area (Å²) in [4.78, 5) is 38.4. The molecule has 1 unspecified atom stereocenters. The molecular weight excluding hydrogens is 937 g/mol. The van der Waals surface area contributed by atoms with Gasteiger partial charge in [-0.3, -0.25) is 14.4 Å². The standard InChI is InChI=1S/C70H120O6/c1-4-7-10-13-16-19-22-25-28-31-33-35-37-39-42-45-48-51-54-57-60-63-69(72)75-66-67(65-74-68(71)62-59-56-53-50-47-44-41-30-27-24-21-18-15-12-9-6-3)76-70(73)64-61-58-55-52-49-46-43-40-38-36-34-32-29-26-23-20-17-14-11-8-5-2/h7,10,16,19,23,25-26,28,30,32-35,38,40-41,67H,4-6,8-9,11-15,17-18,20-22,24,27,29,31,36-37,39,42-66H2,1-3H3/b10-7-,19-16-,26-23-,28-25-,34-32-,35-33-,40-38-,41-30-. The average molecular weight is 1060 g/mol. The van der Waals surface area contributed by atoms with Crippen LogP contribution in [-0.2, 0) is 28.6 Å². The zero-order chi connectivity index (χ0) is 55.0. The summed E-state index contributed by atoms with van der Waals surface area (Å²) in [6.45, 7) is 6.52. The van der Waals surface area contributed by atoms with Gasteiger partial charge < -0.3 is 14.2 Å². The van der Waals surface area contributed by atoms with Gasteiger partial charge in [-0.1, -0.05) is 266 Å². The third-order valence-corrected chi connectivity index (χ3v) is 13.8.